The zero-order chi connectivity index (χ0) is 8.15. The zero-order valence-electron chi connectivity index (χ0n) is 6.29. The quantitative estimate of drug-likeness (QED) is 0.469. The Balaban J connectivity index is 3.62. The molecule has 0 aromatic heterocycles. The summed E-state index contributed by atoms with van der Waals surface area (Å²) < 4.78 is 0. The van der Waals surface area contributed by atoms with E-state index in [4.69, 9.17) is 10.8 Å². The monoisotopic (exact) mass is 146 g/mol. The molecule has 4 N–H and O–H groups in total. The molecule has 0 aromatic carbocycles. The second kappa shape index (κ2) is 4.24. The Morgan fingerprint density at radius 3 is 2.50 bits per heavy atom. The molecule has 0 rings (SSSR count). The normalized spacial score (nSPS) is 13.3. The molecule has 0 aliphatic carbocycles. The van der Waals surface area contributed by atoms with Crippen molar-refractivity contribution in [1.29, 1.82) is 0 Å². The van der Waals surface area contributed by atoms with Gasteiger partial charge < -0.3 is 16.2 Å². The number of nitrogens with one attached hydrogen (secondary N) is 1. The van der Waals surface area contributed by atoms with E-state index in [0.29, 0.717) is 0 Å². The van der Waals surface area contributed by atoms with E-state index in [9.17, 15) is 4.79 Å². The lowest BCUT2D eigenvalue weighted by atomic mass is 10.3. The van der Waals surface area contributed by atoms with Crippen LogP contribution >= 0.6 is 0 Å². The van der Waals surface area contributed by atoms with Crippen molar-refractivity contribution in [2.45, 2.75) is 26.0 Å². The van der Waals surface area contributed by atoms with Gasteiger partial charge in [0.25, 0.3) is 0 Å². The summed E-state index contributed by atoms with van der Waals surface area (Å²) in [7, 11) is 0. The van der Waals surface area contributed by atoms with Crippen LogP contribution in [0, 0.1) is 0 Å². The van der Waals surface area contributed by atoms with Crippen LogP contribution < -0.4 is 11.1 Å². The highest BCUT2D eigenvalue weighted by molar-refractivity contribution is 5.80. The third-order valence-electron chi connectivity index (χ3n) is 0.957. The van der Waals surface area contributed by atoms with E-state index in [1.165, 1.54) is 0 Å². The predicted molar refractivity (Wildman–Crippen MR) is 38.3 cm³/mol. The standard InChI is InChI=1S/C6H14N2O2/c1-4(2)8-6(10)5(9)3-7/h4-5,9H,3,7H2,1-2H3,(H,8,10)/t5-/m0/s1. The van der Waals surface area contributed by atoms with Gasteiger partial charge >= 0.3 is 0 Å². The van der Waals surface area contributed by atoms with Gasteiger partial charge in [-0.3, -0.25) is 4.79 Å². The van der Waals surface area contributed by atoms with Crippen molar-refractivity contribution in [2.24, 2.45) is 5.73 Å². The first kappa shape index (κ1) is 9.39. The van der Waals surface area contributed by atoms with Crippen LogP contribution in [0.4, 0.5) is 0 Å². The molecule has 1 atom stereocenters. The molecule has 0 aromatic rings. The molecule has 0 saturated carbocycles. The highest BCUT2D eigenvalue weighted by Crippen LogP contribution is 1.82. The van der Waals surface area contributed by atoms with E-state index in [1.54, 1.807) is 0 Å². The van der Waals surface area contributed by atoms with E-state index in [0.717, 1.165) is 0 Å². The Bertz CT molecular complexity index is 114. The molecule has 1 amide bonds. The van der Waals surface area contributed by atoms with E-state index in [1.807, 2.05) is 13.8 Å². The molecule has 4 heteroatoms. The van der Waals surface area contributed by atoms with Crippen LogP contribution in [0.5, 0.6) is 0 Å². The number of carbonyl (C=O) groups is 1. The van der Waals surface area contributed by atoms with Crippen molar-refractivity contribution in [3.8, 4) is 0 Å². The van der Waals surface area contributed by atoms with Crippen LogP contribution in [-0.4, -0.2) is 29.7 Å². The van der Waals surface area contributed by atoms with Crippen molar-refractivity contribution in [2.75, 3.05) is 6.54 Å². The number of rotatable bonds is 3. The Morgan fingerprint density at radius 1 is 1.70 bits per heavy atom. The molecule has 0 bridgehead atoms. The zero-order valence-corrected chi connectivity index (χ0v) is 6.29. The highest BCUT2D eigenvalue weighted by atomic mass is 16.3. The summed E-state index contributed by atoms with van der Waals surface area (Å²) in [6.45, 7) is 3.61. The van der Waals surface area contributed by atoms with Crippen molar-refractivity contribution in [3.05, 3.63) is 0 Å². The fraction of sp³-hybridized carbons (Fsp3) is 0.833. The summed E-state index contributed by atoms with van der Waals surface area (Å²) in [6.07, 6.45) is -1.07. The Morgan fingerprint density at radius 2 is 2.20 bits per heavy atom. The number of aliphatic hydroxyl groups excluding tert-OH is 1. The van der Waals surface area contributed by atoms with Gasteiger partial charge in [0.2, 0.25) is 5.91 Å². The summed E-state index contributed by atoms with van der Waals surface area (Å²) in [5.74, 6) is -0.405. The lowest BCUT2D eigenvalue weighted by Gasteiger charge is -2.11. The predicted octanol–water partition coefficient (Wildman–Crippen LogP) is -1.17. The molecule has 60 valence electrons. The maximum absolute atomic E-state index is 10.7. The number of aliphatic hydroxyl groups is 1. The first-order valence-electron chi connectivity index (χ1n) is 3.26. The number of hydrogen-bond donors (Lipinski definition) is 3. The van der Waals surface area contributed by atoms with Crippen LogP contribution in [0.15, 0.2) is 0 Å². The minimum absolute atomic E-state index is 0.0292. The van der Waals surface area contributed by atoms with Crippen molar-refractivity contribution in [1.82, 2.24) is 5.32 Å². The first-order valence-corrected chi connectivity index (χ1v) is 3.26. The molecule has 0 spiro atoms. The van der Waals surface area contributed by atoms with Crippen LogP contribution in [0.2, 0.25) is 0 Å². The minimum Gasteiger partial charge on any atom is -0.382 e. The van der Waals surface area contributed by atoms with Crippen LogP contribution in [0.25, 0.3) is 0 Å². The highest BCUT2D eigenvalue weighted by Gasteiger charge is 2.12. The number of amides is 1. The lowest BCUT2D eigenvalue weighted by Crippen LogP contribution is -2.42. The van der Waals surface area contributed by atoms with E-state index >= 15 is 0 Å². The third-order valence-corrected chi connectivity index (χ3v) is 0.957. The largest absolute Gasteiger partial charge is 0.382 e. The number of carbonyl (C=O) groups excluding carboxylic acids is 1. The third kappa shape index (κ3) is 3.42. The average Bonchev–Trinajstić information content (AvgIpc) is 1.85. The van der Waals surface area contributed by atoms with E-state index < -0.39 is 12.0 Å². The summed E-state index contributed by atoms with van der Waals surface area (Å²) in [5, 5.41) is 11.4. The Hall–Kier alpha value is -0.610. The van der Waals surface area contributed by atoms with E-state index in [2.05, 4.69) is 5.32 Å². The maximum Gasteiger partial charge on any atom is 0.250 e. The van der Waals surface area contributed by atoms with Crippen LogP contribution in [-0.2, 0) is 4.79 Å². The fourth-order valence-electron chi connectivity index (χ4n) is 0.488. The molecule has 0 aliphatic rings. The molecule has 0 heterocycles. The van der Waals surface area contributed by atoms with E-state index in [-0.39, 0.29) is 12.6 Å². The molecular weight excluding hydrogens is 132 g/mol. The molecule has 4 nitrogen and oxygen atoms in total. The summed E-state index contributed by atoms with van der Waals surface area (Å²) in [4.78, 5) is 10.7. The van der Waals surface area contributed by atoms with Crippen LogP contribution in [0.3, 0.4) is 0 Å². The van der Waals surface area contributed by atoms with Gasteiger partial charge in [-0.1, -0.05) is 0 Å². The molecule has 0 saturated heterocycles. The molecule has 10 heavy (non-hydrogen) atoms. The van der Waals surface area contributed by atoms with Crippen molar-refractivity contribution in [3.63, 3.8) is 0 Å². The summed E-state index contributed by atoms with van der Waals surface area (Å²) in [5.41, 5.74) is 5.04. The SMILES string of the molecule is CC(C)NC(=O)[C@@H](O)CN. The molecule has 0 aliphatic heterocycles. The Labute approximate surface area is 60.4 Å². The topological polar surface area (TPSA) is 75.3 Å². The van der Waals surface area contributed by atoms with Gasteiger partial charge in [-0.05, 0) is 13.8 Å². The average molecular weight is 146 g/mol. The smallest absolute Gasteiger partial charge is 0.250 e. The van der Waals surface area contributed by atoms with Gasteiger partial charge in [0.1, 0.15) is 6.10 Å². The lowest BCUT2D eigenvalue weighted by molar-refractivity contribution is -0.129. The second-order valence-corrected chi connectivity index (χ2v) is 2.41. The molecular formula is C6H14N2O2. The minimum atomic E-state index is -1.07. The van der Waals surface area contributed by atoms with Gasteiger partial charge in [-0.2, -0.15) is 0 Å². The fourth-order valence-corrected chi connectivity index (χ4v) is 0.488. The number of hydrogen-bond acceptors (Lipinski definition) is 3. The number of nitrogens with two attached hydrogens (primary N) is 1. The van der Waals surface area contributed by atoms with Gasteiger partial charge in [0, 0.05) is 12.6 Å². The van der Waals surface area contributed by atoms with Gasteiger partial charge in [-0.15, -0.1) is 0 Å². The van der Waals surface area contributed by atoms with Crippen molar-refractivity contribution < 1.29 is 9.90 Å². The molecule has 0 unspecified atom stereocenters. The summed E-state index contributed by atoms with van der Waals surface area (Å²) in [6, 6.07) is 0.0497. The maximum atomic E-state index is 10.7. The molecule has 0 fully saturated rings. The second-order valence-electron chi connectivity index (χ2n) is 2.41. The van der Waals surface area contributed by atoms with Crippen LogP contribution in [0.1, 0.15) is 13.8 Å². The van der Waals surface area contributed by atoms with Gasteiger partial charge in [0.05, 0.1) is 0 Å². The Kier molecular flexibility index (Phi) is 3.99. The van der Waals surface area contributed by atoms with Gasteiger partial charge in [0.15, 0.2) is 0 Å². The molecule has 0 radical (unpaired) electrons. The van der Waals surface area contributed by atoms with Crippen molar-refractivity contribution >= 4 is 5.91 Å². The van der Waals surface area contributed by atoms with Gasteiger partial charge in [-0.25, -0.2) is 0 Å². The summed E-state index contributed by atoms with van der Waals surface area (Å²) >= 11 is 0. The first-order chi connectivity index (χ1) is 4.57.